The molecule has 0 saturated carbocycles. The fourth-order valence-corrected chi connectivity index (χ4v) is 0.840. The molecule has 0 spiro atoms. The van der Waals surface area contributed by atoms with Gasteiger partial charge in [-0.05, 0) is 17.7 Å². The predicted octanol–water partition coefficient (Wildman–Crippen LogP) is 1.20. The highest BCUT2D eigenvalue weighted by Gasteiger charge is 2.00. The molecule has 1 aromatic rings. The molecule has 13 heavy (non-hydrogen) atoms. The van der Waals surface area contributed by atoms with Crippen LogP contribution in [-0.2, 0) is 11.4 Å². The van der Waals surface area contributed by atoms with Crippen LogP contribution >= 0.6 is 12.4 Å². The third-order valence-corrected chi connectivity index (χ3v) is 1.45. The number of hydrogen-bond donors (Lipinski definition) is 2. The summed E-state index contributed by atoms with van der Waals surface area (Å²) < 4.78 is 0. The average molecular weight is 204 g/mol. The molecular weight excluding hydrogens is 194 g/mol. The number of aromatic carboxylic acids is 1. The van der Waals surface area contributed by atoms with Gasteiger partial charge in [0.05, 0.1) is 12.2 Å². The van der Waals surface area contributed by atoms with E-state index in [1.54, 1.807) is 12.1 Å². The molecule has 0 aromatic heterocycles. The minimum Gasteiger partial charge on any atom is -0.478 e. The number of rotatable bonds is 3. The molecule has 0 aliphatic carbocycles. The smallest absolute Gasteiger partial charge is 0.335 e. The summed E-state index contributed by atoms with van der Waals surface area (Å²) in [6, 6.07) is 6.35. The fourth-order valence-electron chi connectivity index (χ4n) is 0.840. The van der Waals surface area contributed by atoms with Crippen LogP contribution in [0.2, 0.25) is 0 Å². The summed E-state index contributed by atoms with van der Waals surface area (Å²) in [6.07, 6.45) is 0. The lowest BCUT2D eigenvalue weighted by molar-refractivity contribution is 0.0696. The van der Waals surface area contributed by atoms with E-state index >= 15 is 0 Å². The number of carboxylic acid groups (broad SMARTS) is 1. The first-order valence-corrected chi connectivity index (χ1v) is 3.38. The maximum atomic E-state index is 10.4. The Morgan fingerprint density at radius 1 is 1.38 bits per heavy atom. The van der Waals surface area contributed by atoms with Crippen molar-refractivity contribution in [3.8, 4) is 0 Å². The Balaban J connectivity index is 0.00000144. The summed E-state index contributed by atoms with van der Waals surface area (Å²) in [5.41, 5.74) is 1.11. The van der Waals surface area contributed by atoms with E-state index in [0.717, 1.165) is 5.56 Å². The first-order valence-electron chi connectivity index (χ1n) is 3.38. The molecule has 0 saturated heterocycles. The minimum atomic E-state index is -0.935. The zero-order valence-electron chi connectivity index (χ0n) is 6.77. The average Bonchev–Trinajstić information content (AvgIpc) is 2.06. The molecule has 0 bridgehead atoms. The van der Waals surface area contributed by atoms with Gasteiger partial charge < -0.3 is 5.11 Å². The van der Waals surface area contributed by atoms with Gasteiger partial charge in [0, 0.05) is 0 Å². The summed E-state index contributed by atoms with van der Waals surface area (Å²) in [5.74, 6) is 3.91. The van der Waals surface area contributed by atoms with Gasteiger partial charge in [-0.3, -0.25) is 4.84 Å². The van der Waals surface area contributed by atoms with Crippen LogP contribution in [0.25, 0.3) is 0 Å². The van der Waals surface area contributed by atoms with Gasteiger partial charge in [-0.15, -0.1) is 12.4 Å². The summed E-state index contributed by atoms with van der Waals surface area (Å²) in [7, 11) is 0. The van der Waals surface area contributed by atoms with Crippen LogP contribution in [0.1, 0.15) is 15.9 Å². The second-order valence-corrected chi connectivity index (χ2v) is 2.31. The zero-order chi connectivity index (χ0) is 8.97. The highest BCUT2D eigenvalue weighted by atomic mass is 35.5. The Bertz CT molecular complexity index is 273. The Kier molecular flexibility index (Phi) is 5.06. The van der Waals surface area contributed by atoms with Crippen LogP contribution < -0.4 is 5.90 Å². The van der Waals surface area contributed by atoms with E-state index in [4.69, 9.17) is 11.0 Å². The first-order chi connectivity index (χ1) is 5.74. The second-order valence-electron chi connectivity index (χ2n) is 2.31. The quantitative estimate of drug-likeness (QED) is 0.724. The van der Waals surface area contributed by atoms with Gasteiger partial charge in [0.1, 0.15) is 0 Å². The standard InChI is InChI=1S/C8H9NO3.ClH/c9-12-5-6-1-3-7(4-2-6)8(10)11;/h1-4H,5,9H2,(H,10,11);1H. The molecule has 0 unspecified atom stereocenters. The van der Waals surface area contributed by atoms with Crippen molar-refractivity contribution < 1.29 is 14.7 Å². The van der Waals surface area contributed by atoms with Crippen LogP contribution in [0.15, 0.2) is 24.3 Å². The van der Waals surface area contributed by atoms with Gasteiger partial charge in [0.2, 0.25) is 0 Å². The molecule has 1 aromatic carbocycles. The highest BCUT2D eigenvalue weighted by Crippen LogP contribution is 2.04. The van der Waals surface area contributed by atoms with Crippen molar-refractivity contribution >= 4 is 18.4 Å². The molecular formula is C8H10ClNO3. The molecule has 0 radical (unpaired) electrons. The molecule has 72 valence electrons. The van der Waals surface area contributed by atoms with Gasteiger partial charge in [-0.2, -0.15) is 0 Å². The van der Waals surface area contributed by atoms with E-state index < -0.39 is 5.97 Å². The van der Waals surface area contributed by atoms with Crippen molar-refractivity contribution in [2.24, 2.45) is 5.90 Å². The molecule has 0 amide bonds. The van der Waals surface area contributed by atoms with E-state index in [-0.39, 0.29) is 18.0 Å². The molecule has 5 heteroatoms. The van der Waals surface area contributed by atoms with Crippen molar-refractivity contribution in [3.05, 3.63) is 35.4 Å². The van der Waals surface area contributed by atoms with Crippen LogP contribution in [-0.4, -0.2) is 11.1 Å². The van der Waals surface area contributed by atoms with Crippen molar-refractivity contribution in [2.45, 2.75) is 6.61 Å². The van der Waals surface area contributed by atoms with Crippen molar-refractivity contribution in [2.75, 3.05) is 0 Å². The second kappa shape index (κ2) is 5.53. The number of nitrogens with two attached hydrogens (primary N) is 1. The molecule has 3 N–H and O–H groups in total. The maximum absolute atomic E-state index is 10.4. The molecule has 0 atom stereocenters. The van der Waals surface area contributed by atoms with Gasteiger partial charge >= 0.3 is 5.97 Å². The monoisotopic (exact) mass is 203 g/mol. The number of carboxylic acids is 1. The summed E-state index contributed by atoms with van der Waals surface area (Å²) in [6.45, 7) is 0.292. The molecule has 0 aliphatic rings. The molecule has 4 nitrogen and oxygen atoms in total. The normalized spacial score (nSPS) is 9.00. The number of carbonyl (C=O) groups is 1. The van der Waals surface area contributed by atoms with E-state index in [2.05, 4.69) is 4.84 Å². The Morgan fingerprint density at radius 3 is 2.31 bits per heavy atom. The number of halogens is 1. The topological polar surface area (TPSA) is 72.5 Å². The maximum Gasteiger partial charge on any atom is 0.335 e. The molecule has 0 aliphatic heterocycles. The summed E-state index contributed by atoms with van der Waals surface area (Å²) in [5, 5.41) is 8.55. The third-order valence-electron chi connectivity index (χ3n) is 1.45. The van der Waals surface area contributed by atoms with Gasteiger partial charge in [0.25, 0.3) is 0 Å². The summed E-state index contributed by atoms with van der Waals surface area (Å²) >= 11 is 0. The van der Waals surface area contributed by atoms with Crippen molar-refractivity contribution in [1.29, 1.82) is 0 Å². The van der Waals surface area contributed by atoms with E-state index in [0.29, 0.717) is 6.61 Å². The fraction of sp³-hybridized carbons (Fsp3) is 0.125. The van der Waals surface area contributed by atoms with Gasteiger partial charge in [0.15, 0.2) is 0 Å². The Hall–Kier alpha value is -1.10. The third kappa shape index (κ3) is 3.42. The van der Waals surface area contributed by atoms with Crippen LogP contribution in [0.4, 0.5) is 0 Å². The lowest BCUT2D eigenvalue weighted by atomic mass is 10.1. The Morgan fingerprint density at radius 2 is 1.92 bits per heavy atom. The molecule has 1 rings (SSSR count). The van der Waals surface area contributed by atoms with Crippen LogP contribution in [0.3, 0.4) is 0 Å². The number of hydrogen-bond acceptors (Lipinski definition) is 3. The summed E-state index contributed by atoms with van der Waals surface area (Å²) in [4.78, 5) is 14.8. The first kappa shape index (κ1) is 11.9. The SMILES string of the molecule is Cl.NOCc1ccc(C(=O)O)cc1. The van der Waals surface area contributed by atoms with E-state index in [1.807, 2.05) is 0 Å². The largest absolute Gasteiger partial charge is 0.478 e. The van der Waals surface area contributed by atoms with E-state index in [9.17, 15) is 4.79 Å². The number of benzene rings is 1. The van der Waals surface area contributed by atoms with Crippen LogP contribution in [0, 0.1) is 0 Å². The van der Waals surface area contributed by atoms with Gasteiger partial charge in [-0.1, -0.05) is 12.1 Å². The molecule has 0 fully saturated rings. The predicted molar refractivity (Wildman–Crippen MR) is 49.6 cm³/mol. The minimum absolute atomic E-state index is 0. The lowest BCUT2D eigenvalue weighted by Crippen LogP contribution is -2.00. The Labute approximate surface area is 81.7 Å². The molecule has 0 heterocycles. The van der Waals surface area contributed by atoms with Crippen LogP contribution in [0.5, 0.6) is 0 Å². The highest BCUT2D eigenvalue weighted by molar-refractivity contribution is 5.87. The van der Waals surface area contributed by atoms with Crippen molar-refractivity contribution in [1.82, 2.24) is 0 Å². The van der Waals surface area contributed by atoms with Gasteiger partial charge in [-0.25, -0.2) is 10.7 Å². The zero-order valence-corrected chi connectivity index (χ0v) is 7.58. The lowest BCUT2D eigenvalue weighted by Gasteiger charge is -1.98. The van der Waals surface area contributed by atoms with E-state index in [1.165, 1.54) is 12.1 Å². The van der Waals surface area contributed by atoms with Crippen molar-refractivity contribution in [3.63, 3.8) is 0 Å².